The van der Waals surface area contributed by atoms with E-state index < -0.39 is 5.54 Å². The summed E-state index contributed by atoms with van der Waals surface area (Å²) in [6.45, 7) is 0. The SMILES string of the molecule is COC1CC(N)(c2noc(C3CC3)n2)C1. The Kier molecular flexibility index (Phi) is 1.87. The van der Waals surface area contributed by atoms with Crippen LogP contribution in [-0.4, -0.2) is 23.4 Å². The van der Waals surface area contributed by atoms with Crippen molar-refractivity contribution in [1.29, 1.82) is 0 Å². The Hall–Kier alpha value is -0.940. The summed E-state index contributed by atoms with van der Waals surface area (Å²) in [6.07, 6.45) is 4.15. The molecule has 0 saturated heterocycles. The second kappa shape index (κ2) is 3.02. The van der Waals surface area contributed by atoms with Gasteiger partial charge in [0.1, 0.15) is 0 Å². The van der Waals surface area contributed by atoms with E-state index in [9.17, 15) is 0 Å². The summed E-state index contributed by atoms with van der Waals surface area (Å²) in [5.41, 5.74) is 5.74. The van der Waals surface area contributed by atoms with E-state index in [-0.39, 0.29) is 6.10 Å². The lowest BCUT2D eigenvalue weighted by molar-refractivity contribution is -0.0202. The van der Waals surface area contributed by atoms with Gasteiger partial charge in [0.15, 0.2) is 5.82 Å². The van der Waals surface area contributed by atoms with Crippen molar-refractivity contribution in [1.82, 2.24) is 10.1 Å². The normalized spacial score (nSPS) is 35.2. The fourth-order valence-electron chi connectivity index (χ4n) is 2.04. The lowest BCUT2D eigenvalue weighted by Crippen LogP contribution is -2.53. The van der Waals surface area contributed by atoms with Gasteiger partial charge >= 0.3 is 0 Å². The summed E-state index contributed by atoms with van der Waals surface area (Å²) in [7, 11) is 1.70. The van der Waals surface area contributed by atoms with Crippen LogP contribution in [0.1, 0.15) is 43.3 Å². The number of nitrogens with two attached hydrogens (primary N) is 1. The van der Waals surface area contributed by atoms with Crippen molar-refractivity contribution in [2.45, 2.75) is 43.2 Å². The lowest BCUT2D eigenvalue weighted by Gasteiger charge is -2.41. The van der Waals surface area contributed by atoms with E-state index in [1.54, 1.807) is 7.11 Å². The minimum Gasteiger partial charge on any atom is -0.381 e. The maximum absolute atomic E-state index is 6.16. The Balaban J connectivity index is 1.75. The van der Waals surface area contributed by atoms with E-state index in [0.29, 0.717) is 11.7 Å². The number of ether oxygens (including phenoxy) is 1. The van der Waals surface area contributed by atoms with Gasteiger partial charge in [-0.25, -0.2) is 0 Å². The van der Waals surface area contributed by atoms with Crippen LogP contribution in [0, 0.1) is 0 Å². The molecule has 0 unspecified atom stereocenters. The fraction of sp³-hybridized carbons (Fsp3) is 0.800. The topological polar surface area (TPSA) is 74.2 Å². The van der Waals surface area contributed by atoms with E-state index in [1.165, 1.54) is 12.8 Å². The highest BCUT2D eigenvalue weighted by molar-refractivity contribution is 5.14. The molecule has 2 aliphatic rings. The van der Waals surface area contributed by atoms with Crippen molar-refractivity contribution in [2.75, 3.05) is 7.11 Å². The van der Waals surface area contributed by atoms with E-state index >= 15 is 0 Å². The van der Waals surface area contributed by atoms with E-state index in [2.05, 4.69) is 10.1 Å². The summed E-state index contributed by atoms with van der Waals surface area (Å²) >= 11 is 0. The Morgan fingerprint density at radius 1 is 1.47 bits per heavy atom. The van der Waals surface area contributed by atoms with Crippen LogP contribution < -0.4 is 5.73 Å². The van der Waals surface area contributed by atoms with Crippen molar-refractivity contribution in [3.63, 3.8) is 0 Å². The highest BCUT2D eigenvalue weighted by Gasteiger charge is 2.46. The molecule has 3 rings (SSSR count). The monoisotopic (exact) mass is 209 g/mol. The molecule has 82 valence electrons. The van der Waals surface area contributed by atoms with Crippen LogP contribution in [0.25, 0.3) is 0 Å². The van der Waals surface area contributed by atoms with Crippen molar-refractivity contribution in [3.05, 3.63) is 11.7 Å². The number of rotatable bonds is 3. The molecule has 0 radical (unpaired) electrons. The summed E-state index contributed by atoms with van der Waals surface area (Å²) < 4.78 is 10.4. The standard InChI is InChI=1S/C10H15N3O2/c1-14-7-4-10(11,5-7)9-12-8(15-13-9)6-2-3-6/h6-7H,2-5,11H2,1H3. The molecular formula is C10H15N3O2. The van der Waals surface area contributed by atoms with Crippen LogP contribution in [-0.2, 0) is 10.3 Å². The molecule has 2 fully saturated rings. The summed E-state index contributed by atoms with van der Waals surface area (Å²) in [6, 6.07) is 0. The van der Waals surface area contributed by atoms with Crippen LogP contribution >= 0.6 is 0 Å². The van der Waals surface area contributed by atoms with Gasteiger partial charge in [-0.05, 0) is 25.7 Å². The minimum atomic E-state index is -0.419. The maximum Gasteiger partial charge on any atom is 0.229 e. The van der Waals surface area contributed by atoms with Gasteiger partial charge in [0.2, 0.25) is 5.89 Å². The average molecular weight is 209 g/mol. The van der Waals surface area contributed by atoms with Gasteiger partial charge in [-0.2, -0.15) is 4.98 Å². The Morgan fingerprint density at radius 2 is 2.20 bits per heavy atom. The highest BCUT2D eigenvalue weighted by atomic mass is 16.5. The molecule has 2 aliphatic carbocycles. The molecule has 0 bridgehead atoms. The zero-order valence-electron chi connectivity index (χ0n) is 8.77. The number of hydrogen-bond acceptors (Lipinski definition) is 5. The first-order valence-corrected chi connectivity index (χ1v) is 5.37. The Bertz CT molecular complexity index is 366. The average Bonchev–Trinajstić information content (AvgIpc) is 2.92. The fourth-order valence-corrected chi connectivity index (χ4v) is 2.04. The van der Waals surface area contributed by atoms with Gasteiger partial charge in [0.05, 0.1) is 11.6 Å². The van der Waals surface area contributed by atoms with Gasteiger partial charge in [-0.1, -0.05) is 5.16 Å². The van der Waals surface area contributed by atoms with Gasteiger partial charge in [-0.3, -0.25) is 0 Å². The van der Waals surface area contributed by atoms with E-state index in [4.69, 9.17) is 15.0 Å². The summed E-state index contributed by atoms with van der Waals surface area (Å²) in [4.78, 5) is 4.38. The first-order chi connectivity index (χ1) is 7.21. The summed E-state index contributed by atoms with van der Waals surface area (Å²) in [5, 5.41) is 3.97. The lowest BCUT2D eigenvalue weighted by atomic mass is 9.74. The molecule has 15 heavy (non-hydrogen) atoms. The predicted octanol–water partition coefficient (Wildman–Crippen LogP) is 0.910. The second-order valence-electron chi connectivity index (χ2n) is 4.65. The molecule has 5 nitrogen and oxygen atoms in total. The molecule has 0 atom stereocenters. The first kappa shape index (κ1) is 9.30. The van der Waals surface area contributed by atoms with Crippen LogP contribution in [0.5, 0.6) is 0 Å². The van der Waals surface area contributed by atoms with Crippen LogP contribution in [0.3, 0.4) is 0 Å². The van der Waals surface area contributed by atoms with Crippen LogP contribution in [0.4, 0.5) is 0 Å². The first-order valence-electron chi connectivity index (χ1n) is 5.37. The zero-order valence-corrected chi connectivity index (χ0v) is 8.77. The van der Waals surface area contributed by atoms with E-state index in [0.717, 1.165) is 18.7 Å². The molecule has 5 heteroatoms. The van der Waals surface area contributed by atoms with Crippen molar-refractivity contribution in [2.24, 2.45) is 5.73 Å². The third-order valence-corrected chi connectivity index (χ3v) is 3.33. The molecule has 1 aromatic rings. The molecule has 0 amide bonds. The number of nitrogens with zero attached hydrogens (tertiary/aromatic N) is 2. The van der Waals surface area contributed by atoms with Crippen molar-refractivity contribution >= 4 is 0 Å². The molecule has 0 aliphatic heterocycles. The third-order valence-electron chi connectivity index (χ3n) is 3.33. The zero-order chi connectivity index (χ0) is 10.5. The molecule has 0 aromatic carbocycles. The highest BCUT2D eigenvalue weighted by Crippen LogP contribution is 2.42. The van der Waals surface area contributed by atoms with Gasteiger partial charge in [-0.15, -0.1) is 0 Å². The minimum absolute atomic E-state index is 0.248. The number of aromatic nitrogens is 2. The maximum atomic E-state index is 6.16. The van der Waals surface area contributed by atoms with Crippen LogP contribution in [0.2, 0.25) is 0 Å². The molecular weight excluding hydrogens is 194 g/mol. The number of methoxy groups -OCH3 is 1. The predicted molar refractivity (Wildman–Crippen MR) is 52.2 cm³/mol. The van der Waals surface area contributed by atoms with Gasteiger partial charge < -0.3 is 15.0 Å². The Morgan fingerprint density at radius 3 is 2.80 bits per heavy atom. The molecule has 1 heterocycles. The number of hydrogen-bond donors (Lipinski definition) is 1. The largest absolute Gasteiger partial charge is 0.381 e. The van der Waals surface area contributed by atoms with Crippen molar-refractivity contribution in [3.8, 4) is 0 Å². The smallest absolute Gasteiger partial charge is 0.229 e. The molecule has 0 spiro atoms. The van der Waals surface area contributed by atoms with E-state index in [1.807, 2.05) is 0 Å². The molecule has 2 N–H and O–H groups in total. The second-order valence-corrected chi connectivity index (χ2v) is 4.65. The molecule has 1 aromatic heterocycles. The quantitative estimate of drug-likeness (QED) is 0.800. The summed E-state index contributed by atoms with van der Waals surface area (Å²) in [5.74, 6) is 1.90. The molecule has 2 saturated carbocycles. The third kappa shape index (κ3) is 1.46. The van der Waals surface area contributed by atoms with Crippen LogP contribution in [0.15, 0.2) is 4.52 Å². The van der Waals surface area contributed by atoms with Crippen molar-refractivity contribution < 1.29 is 9.26 Å². The Labute approximate surface area is 88.0 Å². The van der Waals surface area contributed by atoms with Gasteiger partial charge in [0.25, 0.3) is 0 Å². The van der Waals surface area contributed by atoms with Gasteiger partial charge in [0, 0.05) is 13.0 Å².